The highest BCUT2D eigenvalue weighted by Crippen LogP contribution is 2.20. The van der Waals surface area contributed by atoms with E-state index in [4.69, 9.17) is 4.74 Å². The van der Waals surface area contributed by atoms with Crippen LogP contribution in [0.1, 0.15) is 24.2 Å². The number of aromatic amines is 1. The third kappa shape index (κ3) is 4.13. The number of aryl methyl sites for hydroxylation is 1. The molecule has 1 aliphatic heterocycles. The minimum Gasteiger partial charge on any atom is -0.383 e. The lowest BCUT2D eigenvalue weighted by molar-refractivity contribution is -0.126. The molecular formula is C18H26N4O2. The minimum absolute atomic E-state index is 0.122. The Morgan fingerprint density at radius 2 is 2.21 bits per heavy atom. The van der Waals surface area contributed by atoms with Gasteiger partial charge in [0.05, 0.1) is 24.2 Å². The zero-order valence-electron chi connectivity index (χ0n) is 14.5. The number of nitrogens with one attached hydrogen (secondary N) is 2. The highest BCUT2D eigenvalue weighted by molar-refractivity contribution is 5.78. The van der Waals surface area contributed by atoms with Crippen LogP contribution in [0.2, 0.25) is 0 Å². The van der Waals surface area contributed by atoms with Crippen molar-refractivity contribution in [2.24, 2.45) is 5.92 Å². The van der Waals surface area contributed by atoms with Gasteiger partial charge in [-0.15, -0.1) is 0 Å². The maximum Gasteiger partial charge on any atom is 0.223 e. The summed E-state index contributed by atoms with van der Waals surface area (Å²) in [5, 5.41) is 2.94. The molecule has 2 aromatic rings. The molecule has 1 aromatic heterocycles. The van der Waals surface area contributed by atoms with Gasteiger partial charge in [-0.05, 0) is 50.6 Å². The first kappa shape index (κ1) is 16.9. The molecule has 1 aliphatic rings. The average molecular weight is 330 g/mol. The molecule has 0 atom stereocenters. The summed E-state index contributed by atoms with van der Waals surface area (Å²) in [6, 6.07) is 6.27. The fourth-order valence-electron chi connectivity index (χ4n) is 3.24. The van der Waals surface area contributed by atoms with Gasteiger partial charge in [0.1, 0.15) is 5.82 Å². The van der Waals surface area contributed by atoms with Gasteiger partial charge in [0.15, 0.2) is 0 Å². The molecule has 6 nitrogen and oxygen atoms in total. The Bertz CT molecular complexity index is 689. The molecule has 0 spiro atoms. The van der Waals surface area contributed by atoms with Crippen molar-refractivity contribution in [2.45, 2.75) is 26.3 Å². The number of imidazole rings is 1. The van der Waals surface area contributed by atoms with Gasteiger partial charge in [0.25, 0.3) is 0 Å². The number of benzene rings is 1. The van der Waals surface area contributed by atoms with E-state index in [2.05, 4.69) is 45.3 Å². The summed E-state index contributed by atoms with van der Waals surface area (Å²) < 4.78 is 4.96. The Morgan fingerprint density at radius 3 is 2.96 bits per heavy atom. The second-order valence-corrected chi connectivity index (χ2v) is 6.54. The maximum atomic E-state index is 12.1. The van der Waals surface area contributed by atoms with Crippen molar-refractivity contribution in [2.75, 3.05) is 33.4 Å². The third-order valence-corrected chi connectivity index (χ3v) is 4.62. The topological polar surface area (TPSA) is 70.2 Å². The molecule has 0 bridgehead atoms. The predicted molar refractivity (Wildman–Crippen MR) is 93.7 cm³/mol. The van der Waals surface area contributed by atoms with Gasteiger partial charge in [0.2, 0.25) is 5.91 Å². The highest BCUT2D eigenvalue weighted by atomic mass is 16.5. The molecule has 1 amide bonds. The van der Waals surface area contributed by atoms with Gasteiger partial charge < -0.3 is 15.0 Å². The first-order chi connectivity index (χ1) is 11.7. The first-order valence-electron chi connectivity index (χ1n) is 8.60. The number of amides is 1. The van der Waals surface area contributed by atoms with Crippen molar-refractivity contribution in [3.05, 3.63) is 29.6 Å². The highest BCUT2D eigenvalue weighted by Gasteiger charge is 2.25. The third-order valence-electron chi connectivity index (χ3n) is 4.62. The van der Waals surface area contributed by atoms with E-state index in [-0.39, 0.29) is 11.8 Å². The number of fused-ring (bicyclic) bond motifs is 1. The zero-order chi connectivity index (χ0) is 16.9. The molecular weight excluding hydrogens is 304 g/mol. The van der Waals surface area contributed by atoms with Crippen molar-refractivity contribution in [3.8, 4) is 0 Å². The van der Waals surface area contributed by atoms with Crippen molar-refractivity contribution < 1.29 is 9.53 Å². The molecule has 2 N–H and O–H groups in total. The first-order valence-corrected chi connectivity index (χ1v) is 8.60. The number of rotatable bonds is 6. The zero-order valence-corrected chi connectivity index (χ0v) is 14.5. The summed E-state index contributed by atoms with van der Waals surface area (Å²) in [7, 11) is 1.64. The van der Waals surface area contributed by atoms with E-state index in [1.807, 2.05) is 0 Å². The Labute approximate surface area is 142 Å². The quantitative estimate of drug-likeness (QED) is 0.793. The van der Waals surface area contributed by atoms with Gasteiger partial charge >= 0.3 is 0 Å². The van der Waals surface area contributed by atoms with Crippen molar-refractivity contribution in [1.82, 2.24) is 20.2 Å². The Kier molecular flexibility index (Phi) is 5.48. The summed E-state index contributed by atoms with van der Waals surface area (Å²) in [5.41, 5.74) is 3.35. The van der Waals surface area contributed by atoms with Crippen LogP contribution in [0.25, 0.3) is 11.0 Å². The Hall–Kier alpha value is -1.92. The van der Waals surface area contributed by atoms with Gasteiger partial charge in [0, 0.05) is 19.6 Å². The standard InChI is InChI=1S/C18H26N4O2/c1-13-3-4-15-16(11-13)21-17(20-15)12-22-8-5-14(6-9-22)18(23)19-7-10-24-2/h3-4,11,14H,5-10,12H2,1-2H3,(H,19,23)(H,20,21). The predicted octanol–water partition coefficient (Wildman–Crippen LogP) is 1.85. The van der Waals surface area contributed by atoms with E-state index >= 15 is 0 Å². The molecule has 2 heterocycles. The van der Waals surface area contributed by atoms with Crippen molar-refractivity contribution in [1.29, 1.82) is 0 Å². The molecule has 1 aromatic carbocycles. The van der Waals surface area contributed by atoms with Gasteiger partial charge in [-0.25, -0.2) is 4.98 Å². The number of likely N-dealkylation sites (tertiary alicyclic amines) is 1. The average Bonchev–Trinajstić information content (AvgIpc) is 2.97. The van der Waals surface area contributed by atoms with Crippen molar-refractivity contribution >= 4 is 16.9 Å². The van der Waals surface area contributed by atoms with Crippen LogP contribution in [0.4, 0.5) is 0 Å². The van der Waals surface area contributed by atoms with E-state index in [1.165, 1.54) is 5.56 Å². The number of carbonyl (C=O) groups is 1. The summed E-state index contributed by atoms with van der Waals surface area (Å²) in [6.07, 6.45) is 1.80. The molecule has 0 aliphatic carbocycles. The molecule has 0 saturated carbocycles. The number of piperidine rings is 1. The Balaban J connectivity index is 1.50. The molecule has 3 rings (SSSR count). The fraction of sp³-hybridized carbons (Fsp3) is 0.556. The fourth-order valence-corrected chi connectivity index (χ4v) is 3.24. The lowest BCUT2D eigenvalue weighted by atomic mass is 9.96. The molecule has 0 unspecified atom stereocenters. The van der Waals surface area contributed by atoms with Gasteiger partial charge in [-0.1, -0.05) is 6.07 Å². The normalized spacial score (nSPS) is 16.6. The molecule has 130 valence electrons. The summed E-state index contributed by atoms with van der Waals surface area (Å²) in [6.45, 7) is 5.91. The number of H-pyrrole nitrogens is 1. The lowest BCUT2D eigenvalue weighted by Gasteiger charge is -2.30. The number of aromatic nitrogens is 2. The minimum atomic E-state index is 0.122. The van der Waals surface area contributed by atoms with Crippen LogP contribution in [0.15, 0.2) is 18.2 Å². The summed E-state index contributed by atoms with van der Waals surface area (Å²) in [4.78, 5) is 22.5. The lowest BCUT2D eigenvalue weighted by Crippen LogP contribution is -2.41. The number of carbonyl (C=O) groups excluding carboxylic acids is 1. The van der Waals surface area contributed by atoms with E-state index < -0.39 is 0 Å². The van der Waals surface area contributed by atoms with Crippen LogP contribution >= 0.6 is 0 Å². The smallest absolute Gasteiger partial charge is 0.223 e. The molecule has 6 heteroatoms. The van der Waals surface area contributed by atoms with E-state index in [1.54, 1.807) is 7.11 Å². The second-order valence-electron chi connectivity index (χ2n) is 6.54. The molecule has 1 fully saturated rings. The molecule has 1 saturated heterocycles. The van der Waals surface area contributed by atoms with E-state index in [0.29, 0.717) is 13.2 Å². The summed E-state index contributed by atoms with van der Waals surface area (Å²) >= 11 is 0. The number of methoxy groups -OCH3 is 1. The number of hydrogen-bond donors (Lipinski definition) is 2. The molecule has 0 radical (unpaired) electrons. The maximum absolute atomic E-state index is 12.1. The molecule has 24 heavy (non-hydrogen) atoms. The van der Waals surface area contributed by atoms with E-state index in [0.717, 1.165) is 49.3 Å². The van der Waals surface area contributed by atoms with Gasteiger partial charge in [-0.3, -0.25) is 9.69 Å². The van der Waals surface area contributed by atoms with Crippen LogP contribution < -0.4 is 5.32 Å². The van der Waals surface area contributed by atoms with Crippen LogP contribution in [-0.4, -0.2) is 54.1 Å². The second kappa shape index (κ2) is 7.77. The van der Waals surface area contributed by atoms with Crippen LogP contribution in [0.3, 0.4) is 0 Å². The monoisotopic (exact) mass is 330 g/mol. The van der Waals surface area contributed by atoms with Crippen LogP contribution in [0, 0.1) is 12.8 Å². The van der Waals surface area contributed by atoms with E-state index in [9.17, 15) is 4.79 Å². The largest absolute Gasteiger partial charge is 0.383 e. The van der Waals surface area contributed by atoms with Crippen molar-refractivity contribution in [3.63, 3.8) is 0 Å². The number of nitrogens with zero attached hydrogens (tertiary/aromatic N) is 2. The van der Waals surface area contributed by atoms with Crippen LogP contribution in [-0.2, 0) is 16.1 Å². The number of hydrogen-bond acceptors (Lipinski definition) is 4. The number of ether oxygens (including phenoxy) is 1. The summed E-state index contributed by atoms with van der Waals surface area (Å²) in [5.74, 6) is 1.28. The Morgan fingerprint density at radius 1 is 1.42 bits per heavy atom. The van der Waals surface area contributed by atoms with Gasteiger partial charge in [-0.2, -0.15) is 0 Å². The van der Waals surface area contributed by atoms with Crippen LogP contribution in [0.5, 0.6) is 0 Å². The SMILES string of the molecule is COCCNC(=O)C1CCN(Cc2nc3ccc(C)cc3[nH]2)CC1.